The number of hydrogen-bond acceptors (Lipinski definition) is 5. The summed E-state index contributed by atoms with van der Waals surface area (Å²) in [5.41, 5.74) is 0.193. The average molecular weight is 355 g/mol. The van der Waals surface area contributed by atoms with Crippen molar-refractivity contribution >= 4 is 5.97 Å². The zero-order chi connectivity index (χ0) is 19.1. The number of rotatable bonds is 7. The molecule has 1 aromatic rings. The molecule has 0 bridgehead atoms. The summed E-state index contributed by atoms with van der Waals surface area (Å²) in [5.74, 6) is 0.0431. The molecule has 144 valence electrons. The number of hydrogen-bond donors (Lipinski definition) is 1. The van der Waals surface area contributed by atoms with Crippen molar-refractivity contribution in [3.05, 3.63) is 23.8 Å². The zero-order valence-corrected chi connectivity index (χ0v) is 16.2. The van der Waals surface area contributed by atoms with Gasteiger partial charge in [-0.1, -0.05) is 27.7 Å². The Morgan fingerprint density at radius 2 is 1.80 bits per heavy atom. The number of ether oxygens (including phenoxy) is 3. The molecule has 1 fully saturated rings. The zero-order valence-electron chi connectivity index (χ0n) is 16.2. The topological polar surface area (TPSA) is 68.2 Å². The van der Waals surface area contributed by atoms with Gasteiger partial charge in [-0.15, -0.1) is 0 Å². The summed E-state index contributed by atoms with van der Waals surface area (Å²) < 4.78 is 16.1. The first-order valence-electron chi connectivity index (χ1n) is 9.05. The number of carbonyl (C=O) groups is 1. The minimum atomic E-state index is -0.976. The fraction of sp³-hybridized carbons (Fsp3) is 0.632. The lowest BCUT2D eigenvalue weighted by Crippen LogP contribution is -2.37. The standard InChI is InChI=1S/C15H21NO5.2C2H6/c1-19-13-4-3-12(15(17)18)11-14(13)21-8-2-5-16-6-9-20-10-7-16;2*1-2/h3-4,11H,2,5-10H2,1H3,(H,17,18);2*1-2H3. The van der Waals surface area contributed by atoms with E-state index in [2.05, 4.69) is 4.90 Å². The number of nitrogens with zero attached hydrogens (tertiary/aromatic N) is 1. The molecule has 1 saturated heterocycles. The van der Waals surface area contributed by atoms with Crippen LogP contribution in [0.4, 0.5) is 0 Å². The summed E-state index contributed by atoms with van der Waals surface area (Å²) in [7, 11) is 1.54. The molecule has 0 aliphatic carbocycles. The fourth-order valence-corrected chi connectivity index (χ4v) is 2.22. The normalized spacial score (nSPS) is 13.6. The van der Waals surface area contributed by atoms with Gasteiger partial charge in [0.25, 0.3) is 0 Å². The molecule has 1 aromatic carbocycles. The highest BCUT2D eigenvalue weighted by atomic mass is 16.5. The first-order chi connectivity index (χ1) is 12.2. The van der Waals surface area contributed by atoms with Gasteiger partial charge in [-0.2, -0.15) is 0 Å². The van der Waals surface area contributed by atoms with Crippen molar-refractivity contribution < 1.29 is 24.1 Å². The maximum absolute atomic E-state index is 11.0. The summed E-state index contributed by atoms with van der Waals surface area (Å²) in [6.45, 7) is 13.0. The Morgan fingerprint density at radius 3 is 2.36 bits per heavy atom. The molecule has 0 unspecified atom stereocenters. The van der Waals surface area contributed by atoms with E-state index in [4.69, 9.17) is 19.3 Å². The van der Waals surface area contributed by atoms with Crippen LogP contribution in [0.5, 0.6) is 11.5 Å². The number of aromatic carboxylic acids is 1. The van der Waals surface area contributed by atoms with Crippen LogP contribution in [0.1, 0.15) is 44.5 Å². The van der Waals surface area contributed by atoms with Gasteiger partial charge in [-0.25, -0.2) is 4.79 Å². The largest absolute Gasteiger partial charge is 0.493 e. The van der Waals surface area contributed by atoms with Gasteiger partial charge in [-0.3, -0.25) is 4.90 Å². The summed E-state index contributed by atoms with van der Waals surface area (Å²) >= 11 is 0. The van der Waals surface area contributed by atoms with Gasteiger partial charge in [0.15, 0.2) is 11.5 Å². The Labute approximate surface area is 151 Å². The van der Waals surface area contributed by atoms with E-state index < -0.39 is 5.97 Å². The Morgan fingerprint density at radius 1 is 1.16 bits per heavy atom. The molecule has 1 aliphatic heterocycles. The molecule has 0 amide bonds. The van der Waals surface area contributed by atoms with E-state index in [1.807, 2.05) is 27.7 Å². The summed E-state index contributed by atoms with van der Waals surface area (Å²) in [5, 5.41) is 9.00. The molecule has 0 atom stereocenters. The Hall–Kier alpha value is -1.79. The molecule has 0 spiro atoms. The highest BCUT2D eigenvalue weighted by Gasteiger charge is 2.12. The molecule has 1 N–H and O–H groups in total. The number of benzene rings is 1. The van der Waals surface area contributed by atoms with Crippen LogP contribution in [-0.2, 0) is 4.74 Å². The highest BCUT2D eigenvalue weighted by molar-refractivity contribution is 5.88. The second-order valence-electron chi connectivity index (χ2n) is 4.83. The van der Waals surface area contributed by atoms with Crippen molar-refractivity contribution in [2.45, 2.75) is 34.1 Å². The van der Waals surface area contributed by atoms with Gasteiger partial charge >= 0.3 is 5.97 Å². The molecule has 0 aromatic heterocycles. The molecule has 0 saturated carbocycles. The Kier molecular flexibility index (Phi) is 13.5. The first kappa shape index (κ1) is 23.2. The van der Waals surface area contributed by atoms with Gasteiger partial charge in [0, 0.05) is 19.6 Å². The van der Waals surface area contributed by atoms with E-state index in [1.54, 1.807) is 6.07 Å². The minimum absolute atomic E-state index is 0.193. The smallest absolute Gasteiger partial charge is 0.335 e. The van der Waals surface area contributed by atoms with E-state index in [-0.39, 0.29) is 5.56 Å². The second kappa shape index (κ2) is 14.5. The van der Waals surface area contributed by atoms with Crippen LogP contribution < -0.4 is 9.47 Å². The summed E-state index contributed by atoms with van der Waals surface area (Å²) in [6.07, 6.45) is 0.875. The predicted molar refractivity (Wildman–Crippen MR) is 100 cm³/mol. The van der Waals surface area contributed by atoms with Crippen LogP contribution in [0.3, 0.4) is 0 Å². The van der Waals surface area contributed by atoms with E-state index in [9.17, 15) is 4.79 Å². The number of carboxylic acids is 1. The Balaban J connectivity index is 0.00000134. The number of morpholine rings is 1. The molecule has 6 heteroatoms. The monoisotopic (exact) mass is 355 g/mol. The maximum Gasteiger partial charge on any atom is 0.335 e. The van der Waals surface area contributed by atoms with Crippen LogP contribution >= 0.6 is 0 Å². The van der Waals surface area contributed by atoms with Crippen molar-refractivity contribution in [1.82, 2.24) is 4.90 Å². The third-order valence-electron chi connectivity index (χ3n) is 3.39. The molecular weight excluding hydrogens is 322 g/mol. The van der Waals surface area contributed by atoms with Gasteiger partial charge < -0.3 is 19.3 Å². The second-order valence-corrected chi connectivity index (χ2v) is 4.83. The average Bonchev–Trinajstić information content (AvgIpc) is 2.69. The predicted octanol–water partition coefficient (Wildman–Crippen LogP) is 3.55. The van der Waals surface area contributed by atoms with E-state index in [0.29, 0.717) is 18.1 Å². The van der Waals surface area contributed by atoms with Crippen molar-refractivity contribution in [2.75, 3.05) is 46.6 Å². The third kappa shape index (κ3) is 8.74. The van der Waals surface area contributed by atoms with Gasteiger partial charge in [0.2, 0.25) is 0 Å². The Bertz CT molecular complexity index is 473. The molecule has 25 heavy (non-hydrogen) atoms. The van der Waals surface area contributed by atoms with Crippen molar-refractivity contribution in [2.24, 2.45) is 0 Å². The highest BCUT2D eigenvalue weighted by Crippen LogP contribution is 2.28. The van der Waals surface area contributed by atoms with Crippen molar-refractivity contribution in [3.63, 3.8) is 0 Å². The van der Waals surface area contributed by atoms with E-state index in [0.717, 1.165) is 39.3 Å². The first-order valence-corrected chi connectivity index (χ1v) is 9.05. The molecule has 2 rings (SSSR count). The lowest BCUT2D eigenvalue weighted by Gasteiger charge is -2.26. The van der Waals surface area contributed by atoms with Crippen LogP contribution in [0.2, 0.25) is 0 Å². The third-order valence-corrected chi connectivity index (χ3v) is 3.39. The van der Waals surface area contributed by atoms with Gasteiger partial charge in [0.1, 0.15) is 0 Å². The van der Waals surface area contributed by atoms with Crippen molar-refractivity contribution in [3.8, 4) is 11.5 Å². The molecule has 1 heterocycles. The molecule has 1 aliphatic rings. The molecular formula is C19H33NO5. The minimum Gasteiger partial charge on any atom is -0.493 e. The van der Waals surface area contributed by atoms with E-state index in [1.165, 1.54) is 19.2 Å². The molecule has 6 nitrogen and oxygen atoms in total. The SMILES string of the molecule is CC.CC.COc1ccc(C(=O)O)cc1OCCCN1CCOCC1. The fourth-order valence-electron chi connectivity index (χ4n) is 2.22. The lowest BCUT2D eigenvalue weighted by molar-refractivity contribution is 0.0357. The summed E-state index contributed by atoms with van der Waals surface area (Å²) in [6, 6.07) is 4.61. The van der Waals surface area contributed by atoms with Gasteiger partial charge in [0.05, 0.1) is 32.5 Å². The number of methoxy groups -OCH3 is 1. The number of carboxylic acid groups (broad SMARTS) is 1. The van der Waals surface area contributed by atoms with Gasteiger partial charge in [-0.05, 0) is 24.6 Å². The van der Waals surface area contributed by atoms with Crippen LogP contribution in [0, 0.1) is 0 Å². The van der Waals surface area contributed by atoms with Crippen LogP contribution in [-0.4, -0.2) is 62.5 Å². The van der Waals surface area contributed by atoms with Crippen molar-refractivity contribution in [1.29, 1.82) is 0 Å². The van der Waals surface area contributed by atoms with Crippen LogP contribution in [0.15, 0.2) is 18.2 Å². The van der Waals surface area contributed by atoms with Crippen LogP contribution in [0.25, 0.3) is 0 Å². The quantitative estimate of drug-likeness (QED) is 0.755. The van der Waals surface area contributed by atoms with E-state index >= 15 is 0 Å². The maximum atomic E-state index is 11.0. The lowest BCUT2D eigenvalue weighted by atomic mass is 10.2. The summed E-state index contributed by atoms with van der Waals surface area (Å²) in [4.78, 5) is 13.3. The molecule has 0 radical (unpaired) electrons.